The Morgan fingerprint density at radius 2 is 1.74 bits per heavy atom. The number of hydroxylamine groups is 3. The molecule has 0 spiro atoms. The molecule has 2 N–H and O–H groups in total. The Hall–Kier alpha value is -3.26. The monoisotopic (exact) mass is 614 g/mol. The third-order valence-corrected chi connectivity index (χ3v) is 7.20. The zero-order valence-electron chi connectivity index (χ0n) is 23.2. The average Bonchev–Trinajstić information content (AvgIpc) is 2.95. The molecule has 0 radical (unpaired) electrons. The first-order chi connectivity index (χ1) is 20.3. The largest absolute Gasteiger partial charge is 0.416 e. The highest BCUT2D eigenvalue weighted by Gasteiger charge is 2.37. The maximum atomic E-state index is 13.2. The van der Waals surface area contributed by atoms with Crippen molar-refractivity contribution in [2.75, 3.05) is 13.2 Å². The fraction of sp³-hybridized carbons (Fsp3) is 0.467. The van der Waals surface area contributed by atoms with E-state index in [0.717, 1.165) is 30.4 Å². The Kier molecular flexibility index (Phi) is 10.6. The van der Waals surface area contributed by atoms with Gasteiger partial charge in [0.2, 0.25) is 5.91 Å². The van der Waals surface area contributed by atoms with Gasteiger partial charge in [0.25, 0.3) is 0 Å². The molecule has 1 aliphatic carbocycles. The molecule has 1 aliphatic heterocycles. The predicted octanol–water partition coefficient (Wildman–Crippen LogP) is 6.87. The number of allylic oxidation sites excluding steroid dienone is 1. The number of rotatable bonds is 10. The second kappa shape index (κ2) is 14.0. The van der Waals surface area contributed by atoms with Gasteiger partial charge in [-0.05, 0) is 79.5 Å². The molecule has 1 heterocycles. The van der Waals surface area contributed by atoms with Crippen molar-refractivity contribution in [2.45, 2.75) is 76.6 Å². The van der Waals surface area contributed by atoms with Crippen LogP contribution in [-0.4, -0.2) is 41.4 Å². The summed E-state index contributed by atoms with van der Waals surface area (Å²) in [5.74, 6) is -0.753. The van der Waals surface area contributed by atoms with Crippen LogP contribution in [-0.2, 0) is 39.7 Å². The number of aryl methyl sites for hydroxylation is 1. The van der Waals surface area contributed by atoms with E-state index < -0.39 is 35.6 Å². The molecular formula is C30H32F6N2O5. The smallest absolute Gasteiger partial charge is 0.350 e. The van der Waals surface area contributed by atoms with Crippen LogP contribution >= 0.6 is 0 Å². The van der Waals surface area contributed by atoms with Crippen LogP contribution in [0.2, 0.25) is 0 Å². The van der Waals surface area contributed by atoms with Gasteiger partial charge in [-0.25, -0.2) is 10.3 Å². The number of hydrogen-bond donors (Lipinski definition) is 2. The number of nitrogens with one attached hydrogen (secondary N) is 1. The summed E-state index contributed by atoms with van der Waals surface area (Å²) in [4.78, 5) is 30.2. The van der Waals surface area contributed by atoms with Crippen LogP contribution in [0.5, 0.6) is 0 Å². The zero-order valence-corrected chi connectivity index (χ0v) is 23.2. The standard InChI is InChI=1S/C30H32F6N2O5/c31-29(32,33)23-15-20(16-24(17-23)30(34,35)36)14-22-9-8-21-13-19(7-10-25(21)28(22)40)18-38(41)11-3-1-5-26(39)37-43-27-6-2-4-12-42-27/h7,10,13-17,27,41H,1-6,8-9,11-12,18H2,(H,37,39)/b22-14+. The highest BCUT2D eigenvalue weighted by atomic mass is 19.4. The van der Waals surface area contributed by atoms with Crippen LogP contribution in [0.1, 0.15) is 83.1 Å². The lowest BCUT2D eigenvalue weighted by Gasteiger charge is -2.22. The molecule has 2 aliphatic rings. The number of fused-ring (bicyclic) bond motifs is 1. The second-order valence-corrected chi connectivity index (χ2v) is 10.6. The maximum absolute atomic E-state index is 13.2. The number of unbranched alkanes of at least 4 members (excludes halogenated alkanes) is 1. The number of alkyl halides is 6. The van der Waals surface area contributed by atoms with E-state index in [4.69, 9.17) is 9.57 Å². The molecule has 1 saturated heterocycles. The second-order valence-electron chi connectivity index (χ2n) is 10.6. The van der Waals surface area contributed by atoms with Gasteiger partial charge in [0, 0.05) is 43.7 Å². The number of carbonyl (C=O) groups is 2. The number of benzene rings is 2. The van der Waals surface area contributed by atoms with E-state index in [2.05, 4.69) is 5.48 Å². The maximum Gasteiger partial charge on any atom is 0.416 e. The molecule has 0 saturated carbocycles. The SMILES string of the molecule is O=C(CCCCN(O)Cc1ccc2c(c1)CC/C(=C\c1cc(C(F)(F)F)cc(C(F)(F)F)c1)C2=O)NOC1CCCCO1. The molecule has 0 bridgehead atoms. The van der Waals surface area contributed by atoms with Gasteiger partial charge in [0.05, 0.1) is 11.1 Å². The van der Waals surface area contributed by atoms with Gasteiger partial charge in [-0.1, -0.05) is 18.2 Å². The van der Waals surface area contributed by atoms with Crippen molar-refractivity contribution in [2.24, 2.45) is 0 Å². The summed E-state index contributed by atoms with van der Waals surface area (Å²) < 4.78 is 84.7. The van der Waals surface area contributed by atoms with Crippen LogP contribution in [0, 0.1) is 0 Å². The molecule has 7 nitrogen and oxygen atoms in total. The van der Waals surface area contributed by atoms with E-state index >= 15 is 0 Å². The van der Waals surface area contributed by atoms with E-state index in [-0.39, 0.29) is 42.5 Å². The van der Waals surface area contributed by atoms with Crippen LogP contribution in [0.4, 0.5) is 26.3 Å². The average molecular weight is 615 g/mol. The molecule has 234 valence electrons. The lowest BCUT2D eigenvalue weighted by atomic mass is 9.85. The summed E-state index contributed by atoms with van der Waals surface area (Å²) in [5.41, 5.74) is 0.938. The quantitative estimate of drug-likeness (QED) is 0.131. The van der Waals surface area contributed by atoms with Crippen molar-refractivity contribution in [3.63, 3.8) is 0 Å². The lowest BCUT2D eigenvalue weighted by Crippen LogP contribution is -2.33. The number of Topliss-reactive ketones (excluding diaryl/α,β-unsaturated/α-hetero) is 1. The number of amides is 1. The number of nitrogens with zero attached hydrogens (tertiary/aromatic N) is 1. The predicted molar refractivity (Wildman–Crippen MR) is 142 cm³/mol. The summed E-state index contributed by atoms with van der Waals surface area (Å²) in [6.07, 6.45) is -4.90. The topological polar surface area (TPSA) is 88.1 Å². The molecule has 1 unspecified atom stereocenters. The first kappa shape index (κ1) is 32.6. The van der Waals surface area contributed by atoms with Crippen molar-refractivity contribution < 1.29 is 50.7 Å². The van der Waals surface area contributed by atoms with Crippen LogP contribution < -0.4 is 5.48 Å². The summed E-state index contributed by atoms with van der Waals surface area (Å²) in [5, 5.41) is 11.4. The summed E-state index contributed by atoms with van der Waals surface area (Å²) in [6, 6.07) is 6.16. The summed E-state index contributed by atoms with van der Waals surface area (Å²) in [6.45, 7) is 1.05. The molecule has 2 aromatic carbocycles. The van der Waals surface area contributed by atoms with E-state index in [0.29, 0.717) is 61.2 Å². The van der Waals surface area contributed by atoms with Gasteiger partial charge in [-0.3, -0.25) is 9.59 Å². The minimum atomic E-state index is -4.98. The Balaban J connectivity index is 1.31. The Bertz CT molecular complexity index is 1300. The zero-order chi connectivity index (χ0) is 31.2. The molecule has 4 rings (SSSR count). The molecule has 43 heavy (non-hydrogen) atoms. The number of ether oxygens (including phenoxy) is 1. The fourth-order valence-corrected chi connectivity index (χ4v) is 4.99. The van der Waals surface area contributed by atoms with Gasteiger partial charge in [0.15, 0.2) is 12.1 Å². The molecule has 0 aromatic heterocycles. The normalized spacial score (nSPS) is 18.7. The van der Waals surface area contributed by atoms with E-state index in [9.17, 15) is 41.1 Å². The van der Waals surface area contributed by atoms with Gasteiger partial charge < -0.3 is 9.94 Å². The summed E-state index contributed by atoms with van der Waals surface area (Å²) >= 11 is 0. The third kappa shape index (κ3) is 9.36. The van der Waals surface area contributed by atoms with Crippen LogP contribution in [0.3, 0.4) is 0 Å². The number of ketones is 1. The minimum absolute atomic E-state index is 0.0480. The molecule has 1 atom stereocenters. The lowest BCUT2D eigenvalue weighted by molar-refractivity contribution is -0.200. The molecule has 1 amide bonds. The third-order valence-electron chi connectivity index (χ3n) is 7.20. The minimum Gasteiger partial charge on any atom is -0.350 e. The van der Waals surface area contributed by atoms with E-state index in [1.807, 2.05) is 0 Å². The van der Waals surface area contributed by atoms with E-state index in [1.165, 1.54) is 0 Å². The first-order valence-corrected chi connectivity index (χ1v) is 14.0. The molecule has 1 fully saturated rings. The fourth-order valence-electron chi connectivity index (χ4n) is 4.99. The Morgan fingerprint density at radius 3 is 2.40 bits per heavy atom. The number of halogens is 6. The van der Waals surface area contributed by atoms with E-state index in [1.54, 1.807) is 18.2 Å². The first-order valence-electron chi connectivity index (χ1n) is 14.0. The Morgan fingerprint density at radius 1 is 1.02 bits per heavy atom. The Labute approximate surface area is 244 Å². The highest BCUT2D eigenvalue weighted by Crippen LogP contribution is 2.37. The van der Waals surface area contributed by atoms with Crippen LogP contribution in [0.25, 0.3) is 6.08 Å². The number of carbonyl (C=O) groups excluding carboxylic acids is 2. The van der Waals surface area contributed by atoms with Gasteiger partial charge in [0.1, 0.15) is 0 Å². The van der Waals surface area contributed by atoms with Crippen molar-refractivity contribution in [1.82, 2.24) is 10.5 Å². The van der Waals surface area contributed by atoms with Gasteiger partial charge >= 0.3 is 12.4 Å². The van der Waals surface area contributed by atoms with Crippen molar-refractivity contribution in [3.8, 4) is 0 Å². The van der Waals surface area contributed by atoms with Crippen LogP contribution in [0.15, 0.2) is 42.0 Å². The van der Waals surface area contributed by atoms with Crippen molar-refractivity contribution in [1.29, 1.82) is 0 Å². The molecule has 2 aromatic rings. The van der Waals surface area contributed by atoms with Gasteiger partial charge in [-0.15, -0.1) is 0 Å². The summed E-state index contributed by atoms with van der Waals surface area (Å²) in [7, 11) is 0. The highest BCUT2D eigenvalue weighted by molar-refractivity contribution is 6.13. The number of hydrogen-bond acceptors (Lipinski definition) is 6. The van der Waals surface area contributed by atoms with Gasteiger partial charge in [-0.2, -0.15) is 31.4 Å². The van der Waals surface area contributed by atoms with Crippen molar-refractivity contribution in [3.05, 3.63) is 75.4 Å². The van der Waals surface area contributed by atoms with Crippen molar-refractivity contribution >= 4 is 17.8 Å². The molecular weight excluding hydrogens is 582 g/mol. The molecule has 13 heteroatoms.